The molecule has 23 heavy (non-hydrogen) atoms. The highest BCUT2D eigenvalue weighted by molar-refractivity contribution is 7.99. The molecule has 1 aromatic heterocycles. The monoisotopic (exact) mass is 335 g/mol. The van der Waals surface area contributed by atoms with Crippen LogP contribution in [0.1, 0.15) is 29.8 Å². The number of rotatable bonds is 3. The Bertz CT molecular complexity index is 859. The molecule has 2 atom stereocenters. The van der Waals surface area contributed by atoms with E-state index in [0.717, 1.165) is 11.3 Å². The van der Waals surface area contributed by atoms with Crippen LogP contribution in [0.5, 0.6) is 0 Å². The van der Waals surface area contributed by atoms with Gasteiger partial charge in [-0.3, -0.25) is 9.48 Å². The average molecular weight is 335 g/mol. The number of aryl methyl sites for hydroxylation is 2. The van der Waals surface area contributed by atoms with Crippen molar-refractivity contribution in [3.05, 3.63) is 35.2 Å². The van der Waals surface area contributed by atoms with Crippen LogP contribution in [-0.2, 0) is 26.5 Å². The van der Waals surface area contributed by atoms with Gasteiger partial charge in [-0.15, -0.1) is 0 Å². The quantitative estimate of drug-likeness (QED) is 0.751. The van der Waals surface area contributed by atoms with E-state index in [-0.39, 0.29) is 16.7 Å². The predicted molar refractivity (Wildman–Crippen MR) is 88.7 cm³/mol. The van der Waals surface area contributed by atoms with Crippen LogP contribution >= 0.6 is 0 Å². The minimum Gasteiger partial charge on any atom is -0.325 e. The number of nitrogens with one attached hydrogen (secondary N) is 2. The van der Waals surface area contributed by atoms with Crippen molar-refractivity contribution in [1.82, 2.24) is 9.78 Å². The number of hydrogen-bond donors (Lipinski definition) is 3. The van der Waals surface area contributed by atoms with Gasteiger partial charge in [0.05, 0.1) is 17.3 Å². The van der Waals surface area contributed by atoms with Crippen LogP contribution in [0.15, 0.2) is 23.1 Å². The summed E-state index contributed by atoms with van der Waals surface area (Å²) >= 11 is 0. The van der Waals surface area contributed by atoms with Crippen LogP contribution in [0, 0.1) is 13.8 Å². The second-order valence-electron chi connectivity index (χ2n) is 5.76. The molecule has 7 nitrogen and oxygen atoms in total. The lowest BCUT2D eigenvalue weighted by atomic mass is 10.0. The van der Waals surface area contributed by atoms with E-state index < -0.39 is 10.4 Å². The third kappa shape index (κ3) is 2.53. The van der Waals surface area contributed by atoms with Gasteiger partial charge in [0.2, 0.25) is 10.8 Å². The molecule has 0 spiro atoms. The SMILES string of the molecule is Cc1nn(C)c(C)c1N[S+](=O)(O)c1ccc2c(c1)C(C)C(=O)N2. The largest absolute Gasteiger partial charge is 0.346 e. The molecule has 0 aliphatic carbocycles. The van der Waals surface area contributed by atoms with Crippen LogP contribution in [0.2, 0.25) is 0 Å². The first kappa shape index (κ1) is 15.7. The molecule has 3 N–H and O–H groups in total. The van der Waals surface area contributed by atoms with Gasteiger partial charge in [-0.2, -0.15) is 14.4 Å². The van der Waals surface area contributed by atoms with E-state index in [4.69, 9.17) is 0 Å². The standard InChI is InChI=1S/C15H18N4O3S/c1-8-12-7-11(5-6-13(12)16-15(8)20)23(21,22)18-14-9(2)17-19(4)10(14)3/h5-8H,1-4H3,(H2-,16,18,20,21,22)/p+1. The summed E-state index contributed by atoms with van der Waals surface area (Å²) in [5.74, 6) is -0.435. The molecular weight excluding hydrogens is 316 g/mol. The Morgan fingerprint density at radius 1 is 1.39 bits per heavy atom. The van der Waals surface area contributed by atoms with Gasteiger partial charge in [0.1, 0.15) is 5.69 Å². The van der Waals surface area contributed by atoms with Crippen LogP contribution in [0.3, 0.4) is 0 Å². The topological polar surface area (TPSA) is 96.2 Å². The summed E-state index contributed by atoms with van der Waals surface area (Å²) < 4.78 is 27.6. The first-order chi connectivity index (χ1) is 10.7. The van der Waals surface area contributed by atoms with Crippen LogP contribution in [-0.4, -0.2) is 20.2 Å². The van der Waals surface area contributed by atoms with Crippen LogP contribution in [0.4, 0.5) is 11.4 Å². The fraction of sp³-hybridized carbons (Fsp3) is 0.333. The molecule has 122 valence electrons. The van der Waals surface area contributed by atoms with Crippen molar-refractivity contribution in [3.8, 4) is 0 Å². The Hall–Kier alpha value is -2.19. The molecule has 1 aliphatic rings. The van der Waals surface area contributed by atoms with Gasteiger partial charge in [-0.05, 0) is 36.6 Å². The molecule has 0 bridgehead atoms. The van der Waals surface area contributed by atoms with Gasteiger partial charge < -0.3 is 5.32 Å². The molecule has 2 heterocycles. The molecule has 2 aromatic rings. The van der Waals surface area contributed by atoms with E-state index in [9.17, 15) is 13.6 Å². The number of aromatic nitrogens is 2. The normalized spacial score (nSPS) is 19.2. The van der Waals surface area contributed by atoms with Gasteiger partial charge in [0.25, 0.3) is 0 Å². The zero-order valence-electron chi connectivity index (χ0n) is 13.4. The van der Waals surface area contributed by atoms with Gasteiger partial charge in [-0.1, -0.05) is 0 Å². The Labute approximate surface area is 135 Å². The summed E-state index contributed by atoms with van der Waals surface area (Å²) in [6.45, 7) is 5.37. The summed E-state index contributed by atoms with van der Waals surface area (Å²) in [7, 11) is -1.72. The number of benzene rings is 1. The summed E-state index contributed by atoms with van der Waals surface area (Å²) in [4.78, 5) is 11.9. The maximum atomic E-state index is 12.8. The Morgan fingerprint density at radius 2 is 2.09 bits per heavy atom. The smallest absolute Gasteiger partial charge is 0.325 e. The summed E-state index contributed by atoms with van der Waals surface area (Å²) in [5, 5.41) is 6.98. The highest BCUT2D eigenvalue weighted by Gasteiger charge is 2.35. The number of nitrogens with zero attached hydrogens (tertiary/aromatic N) is 2. The minimum atomic E-state index is -3.50. The highest BCUT2D eigenvalue weighted by Crippen LogP contribution is 2.35. The Kier molecular flexibility index (Phi) is 3.53. The van der Waals surface area contributed by atoms with E-state index in [1.165, 1.54) is 0 Å². The van der Waals surface area contributed by atoms with Crippen molar-refractivity contribution >= 4 is 27.7 Å². The van der Waals surface area contributed by atoms with Crippen molar-refractivity contribution in [2.24, 2.45) is 7.05 Å². The van der Waals surface area contributed by atoms with Crippen molar-refractivity contribution in [3.63, 3.8) is 0 Å². The maximum absolute atomic E-state index is 12.8. The van der Waals surface area contributed by atoms with E-state index in [1.807, 2.05) is 6.92 Å². The van der Waals surface area contributed by atoms with Gasteiger partial charge in [0.15, 0.2) is 0 Å². The number of amides is 1. The second-order valence-corrected chi connectivity index (χ2v) is 7.48. The lowest BCUT2D eigenvalue weighted by Gasteiger charge is -2.09. The zero-order valence-corrected chi connectivity index (χ0v) is 14.2. The first-order valence-corrected chi connectivity index (χ1v) is 8.71. The highest BCUT2D eigenvalue weighted by atomic mass is 32.3. The number of carbonyl (C=O) groups excluding carboxylic acids is 1. The molecule has 0 saturated carbocycles. The van der Waals surface area contributed by atoms with Crippen LogP contribution < -0.4 is 10.0 Å². The van der Waals surface area contributed by atoms with Gasteiger partial charge in [0, 0.05) is 24.9 Å². The van der Waals surface area contributed by atoms with Gasteiger partial charge >= 0.3 is 10.4 Å². The molecule has 8 heteroatoms. The third-order valence-corrected chi connectivity index (χ3v) is 5.58. The molecule has 1 amide bonds. The molecular formula is C15H19N4O3S+. The molecule has 0 fully saturated rings. The summed E-state index contributed by atoms with van der Waals surface area (Å²) in [5.41, 5.74) is 3.39. The molecule has 1 aliphatic heterocycles. The van der Waals surface area contributed by atoms with Crippen molar-refractivity contribution in [1.29, 1.82) is 0 Å². The van der Waals surface area contributed by atoms with Crippen molar-refractivity contribution in [2.45, 2.75) is 31.6 Å². The van der Waals surface area contributed by atoms with Crippen molar-refractivity contribution < 1.29 is 13.6 Å². The van der Waals surface area contributed by atoms with Crippen LogP contribution in [0.25, 0.3) is 0 Å². The van der Waals surface area contributed by atoms with E-state index in [0.29, 0.717) is 17.1 Å². The zero-order chi connectivity index (χ0) is 16.9. The third-order valence-electron chi connectivity index (χ3n) is 4.21. The van der Waals surface area contributed by atoms with Gasteiger partial charge in [-0.25, -0.2) is 0 Å². The Morgan fingerprint density at radius 3 is 2.70 bits per heavy atom. The number of fused-ring (bicyclic) bond motifs is 1. The molecule has 2 unspecified atom stereocenters. The molecule has 3 rings (SSSR count). The Balaban J connectivity index is 1.98. The predicted octanol–water partition coefficient (Wildman–Crippen LogP) is 2.45. The average Bonchev–Trinajstić information content (AvgIpc) is 2.90. The second kappa shape index (κ2) is 5.17. The van der Waals surface area contributed by atoms with Crippen molar-refractivity contribution in [2.75, 3.05) is 10.0 Å². The van der Waals surface area contributed by atoms with E-state index >= 15 is 0 Å². The van der Waals surface area contributed by atoms with E-state index in [2.05, 4.69) is 15.1 Å². The number of carbonyl (C=O) groups is 1. The number of anilines is 2. The minimum absolute atomic E-state index is 0.103. The molecule has 1 aromatic carbocycles. The van der Waals surface area contributed by atoms with E-state index in [1.54, 1.807) is 43.8 Å². The number of hydrogen-bond acceptors (Lipinski definition) is 3. The summed E-state index contributed by atoms with van der Waals surface area (Å²) in [6, 6.07) is 4.81. The fourth-order valence-electron chi connectivity index (χ4n) is 2.69. The molecule has 0 saturated heterocycles. The summed E-state index contributed by atoms with van der Waals surface area (Å²) in [6.07, 6.45) is 0. The maximum Gasteiger partial charge on any atom is 0.346 e. The fourth-order valence-corrected chi connectivity index (χ4v) is 3.91. The first-order valence-electron chi connectivity index (χ1n) is 7.20. The lowest BCUT2D eigenvalue weighted by Crippen LogP contribution is -2.21. The molecule has 0 radical (unpaired) electrons. The lowest BCUT2D eigenvalue weighted by molar-refractivity contribution is -0.116.